The second kappa shape index (κ2) is 6.85. The van der Waals surface area contributed by atoms with Crippen molar-refractivity contribution in [2.24, 2.45) is 11.7 Å². The van der Waals surface area contributed by atoms with Gasteiger partial charge in [-0.1, -0.05) is 0 Å². The van der Waals surface area contributed by atoms with Gasteiger partial charge in [-0.3, -0.25) is 9.48 Å². The molecule has 112 valence electrons. The summed E-state index contributed by atoms with van der Waals surface area (Å²) >= 11 is 0. The molecule has 1 atom stereocenters. The van der Waals surface area contributed by atoms with E-state index < -0.39 is 0 Å². The predicted octanol–water partition coefficient (Wildman–Crippen LogP) is -0.206. The first kappa shape index (κ1) is 15.0. The Morgan fingerprint density at radius 2 is 2.10 bits per heavy atom. The van der Waals surface area contributed by atoms with E-state index in [0.717, 1.165) is 38.3 Å². The monoisotopic (exact) mass is 279 g/mol. The van der Waals surface area contributed by atoms with Crippen molar-refractivity contribution in [1.29, 1.82) is 0 Å². The van der Waals surface area contributed by atoms with E-state index in [9.17, 15) is 4.79 Å². The minimum absolute atomic E-state index is 0.132. The van der Waals surface area contributed by atoms with Gasteiger partial charge < -0.3 is 15.5 Å². The van der Waals surface area contributed by atoms with Crippen LogP contribution in [0.25, 0.3) is 0 Å². The molecule has 1 saturated heterocycles. The molecule has 0 aromatic carbocycles. The number of carbonyl (C=O) groups excluding carboxylic acids is 1. The summed E-state index contributed by atoms with van der Waals surface area (Å²) in [6, 6.07) is 0. The van der Waals surface area contributed by atoms with Crippen molar-refractivity contribution in [3.05, 3.63) is 18.0 Å². The third kappa shape index (κ3) is 3.58. The van der Waals surface area contributed by atoms with Crippen LogP contribution in [-0.2, 0) is 17.8 Å². The summed E-state index contributed by atoms with van der Waals surface area (Å²) in [6.45, 7) is 6.78. The van der Waals surface area contributed by atoms with Crippen LogP contribution >= 0.6 is 0 Å². The molecule has 1 aliphatic rings. The Kier molecular flexibility index (Phi) is 5.14. The van der Waals surface area contributed by atoms with E-state index in [-0.39, 0.29) is 11.8 Å². The maximum atomic E-state index is 12.5. The van der Waals surface area contributed by atoms with Crippen molar-refractivity contribution in [2.75, 3.05) is 39.8 Å². The summed E-state index contributed by atoms with van der Waals surface area (Å²) in [4.78, 5) is 16.7. The van der Waals surface area contributed by atoms with Gasteiger partial charge in [0.2, 0.25) is 5.91 Å². The quantitative estimate of drug-likeness (QED) is 0.810. The van der Waals surface area contributed by atoms with Gasteiger partial charge in [-0.05, 0) is 26.0 Å². The summed E-state index contributed by atoms with van der Waals surface area (Å²) in [6.07, 6.45) is 4.52. The third-order valence-electron chi connectivity index (χ3n) is 3.94. The molecule has 0 aliphatic carbocycles. The van der Waals surface area contributed by atoms with Gasteiger partial charge in [0, 0.05) is 45.5 Å². The van der Waals surface area contributed by atoms with Crippen molar-refractivity contribution in [3.63, 3.8) is 0 Å². The largest absolute Gasteiger partial charge is 0.340 e. The Bertz CT molecular complexity index is 437. The summed E-state index contributed by atoms with van der Waals surface area (Å²) in [5.41, 5.74) is 6.90. The SMILES string of the molecule is CCn1cc(CC(CN)C(=O)N2CCN(C)CC2)cn1. The molecule has 1 aliphatic heterocycles. The zero-order valence-electron chi connectivity index (χ0n) is 12.5. The molecule has 0 bridgehead atoms. The second-order valence-corrected chi connectivity index (χ2v) is 5.47. The molecule has 6 nitrogen and oxygen atoms in total. The third-order valence-corrected chi connectivity index (χ3v) is 3.94. The van der Waals surface area contributed by atoms with E-state index in [0.29, 0.717) is 13.0 Å². The van der Waals surface area contributed by atoms with Crippen molar-refractivity contribution in [1.82, 2.24) is 19.6 Å². The highest BCUT2D eigenvalue weighted by atomic mass is 16.2. The van der Waals surface area contributed by atoms with Crippen LogP contribution in [0.1, 0.15) is 12.5 Å². The van der Waals surface area contributed by atoms with Crippen LogP contribution in [0.3, 0.4) is 0 Å². The van der Waals surface area contributed by atoms with Gasteiger partial charge in [0.25, 0.3) is 0 Å². The first-order valence-electron chi connectivity index (χ1n) is 7.32. The van der Waals surface area contributed by atoms with Crippen molar-refractivity contribution in [2.45, 2.75) is 19.9 Å². The van der Waals surface area contributed by atoms with E-state index in [1.54, 1.807) is 0 Å². The first-order chi connectivity index (χ1) is 9.63. The number of piperazine rings is 1. The number of aromatic nitrogens is 2. The van der Waals surface area contributed by atoms with Gasteiger partial charge in [0.15, 0.2) is 0 Å². The minimum Gasteiger partial charge on any atom is -0.340 e. The molecule has 0 saturated carbocycles. The van der Waals surface area contributed by atoms with Crippen LogP contribution < -0.4 is 5.73 Å². The molecule has 1 unspecified atom stereocenters. The maximum Gasteiger partial charge on any atom is 0.227 e. The predicted molar refractivity (Wildman–Crippen MR) is 78.2 cm³/mol. The Labute approximate surface area is 120 Å². The lowest BCUT2D eigenvalue weighted by Gasteiger charge is -2.34. The molecule has 1 amide bonds. The fraction of sp³-hybridized carbons (Fsp3) is 0.714. The van der Waals surface area contributed by atoms with Crippen LogP contribution in [0, 0.1) is 5.92 Å². The maximum absolute atomic E-state index is 12.5. The Balaban J connectivity index is 1.95. The number of carbonyl (C=O) groups is 1. The second-order valence-electron chi connectivity index (χ2n) is 5.47. The van der Waals surface area contributed by atoms with Gasteiger partial charge in [0.05, 0.1) is 12.1 Å². The molecule has 0 radical (unpaired) electrons. The van der Waals surface area contributed by atoms with Crippen molar-refractivity contribution in [3.8, 4) is 0 Å². The molecule has 1 fully saturated rings. The van der Waals surface area contributed by atoms with Crippen LogP contribution in [-0.4, -0.2) is 65.3 Å². The average Bonchev–Trinajstić information content (AvgIpc) is 2.92. The molecule has 6 heteroatoms. The number of hydrogen-bond donors (Lipinski definition) is 1. The van der Waals surface area contributed by atoms with E-state index >= 15 is 0 Å². The number of nitrogens with two attached hydrogens (primary N) is 1. The topological polar surface area (TPSA) is 67.4 Å². The standard InChI is InChI=1S/C14H25N5O/c1-3-19-11-12(10-16-19)8-13(9-15)14(20)18-6-4-17(2)5-7-18/h10-11,13H,3-9,15H2,1-2H3. The number of aryl methyl sites for hydroxylation is 1. The Morgan fingerprint density at radius 3 is 2.65 bits per heavy atom. The molecule has 2 rings (SSSR count). The molecule has 1 aromatic rings. The summed E-state index contributed by atoms with van der Waals surface area (Å²) in [5.74, 6) is 0.0535. The zero-order valence-corrected chi connectivity index (χ0v) is 12.5. The average molecular weight is 279 g/mol. The molecule has 20 heavy (non-hydrogen) atoms. The molecular formula is C14H25N5O. The van der Waals surface area contributed by atoms with Gasteiger partial charge in [-0.25, -0.2) is 0 Å². The summed E-state index contributed by atoms with van der Waals surface area (Å²) in [5, 5.41) is 4.25. The van der Waals surface area contributed by atoms with E-state index in [2.05, 4.69) is 17.0 Å². The number of amides is 1. The summed E-state index contributed by atoms with van der Waals surface area (Å²) < 4.78 is 1.88. The summed E-state index contributed by atoms with van der Waals surface area (Å²) in [7, 11) is 2.08. The van der Waals surface area contributed by atoms with Crippen LogP contribution in [0.4, 0.5) is 0 Å². The molecule has 1 aromatic heterocycles. The van der Waals surface area contributed by atoms with Crippen LogP contribution in [0.5, 0.6) is 0 Å². The van der Waals surface area contributed by atoms with Crippen LogP contribution in [0.15, 0.2) is 12.4 Å². The fourth-order valence-electron chi connectivity index (χ4n) is 2.53. The highest BCUT2D eigenvalue weighted by Gasteiger charge is 2.26. The minimum atomic E-state index is -0.132. The fourth-order valence-corrected chi connectivity index (χ4v) is 2.53. The highest BCUT2D eigenvalue weighted by molar-refractivity contribution is 5.79. The molecular weight excluding hydrogens is 254 g/mol. The smallest absolute Gasteiger partial charge is 0.227 e. The number of rotatable bonds is 5. The van der Waals surface area contributed by atoms with Gasteiger partial charge in [0.1, 0.15) is 0 Å². The number of likely N-dealkylation sites (N-methyl/N-ethyl adjacent to an activating group) is 1. The van der Waals surface area contributed by atoms with Crippen molar-refractivity contribution >= 4 is 5.91 Å². The first-order valence-corrected chi connectivity index (χ1v) is 7.32. The van der Waals surface area contributed by atoms with E-state index in [1.807, 2.05) is 28.9 Å². The zero-order chi connectivity index (χ0) is 14.5. The normalized spacial score (nSPS) is 18.2. The Morgan fingerprint density at radius 1 is 1.40 bits per heavy atom. The van der Waals surface area contributed by atoms with Gasteiger partial charge >= 0.3 is 0 Å². The molecule has 2 N–H and O–H groups in total. The lowest BCUT2D eigenvalue weighted by atomic mass is 10.00. The number of hydrogen-bond acceptors (Lipinski definition) is 4. The van der Waals surface area contributed by atoms with Gasteiger partial charge in [-0.2, -0.15) is 5.10 Å². The van der Waals surface area contributed by atoms with Crippen LogP contribution in [0.2, 0.25) is 0 Å². The lowest BCUT2D eigenvalue weighted by molar-refractivity contribution is -0.136. The van der Waals surface area contributed by atoms with E-state index in [4.69, 9.17) is 5.73 Å². The molecule has 2 heterocycles. The number of nitrogens with zero attached hydrogens (tertiary/aromatic N) is 4. The Hall–Kier alpha value is -1.40. The molecule has 0 spiro atoms. The van der Waals surface area contributed by atoms with E-state index in [1.165, 1.54) is 0 Å². The van der Waals surface area contributed by atoms with Gasteiger partial charge in [-0.15, -0.1) is 0 Å². The lowest BCUT2D eigenvalue weighted by Crippen LogP contribution is -2.50. The highest BCUT2D eigenvalue weighted by Crippen LogP contribution is 2.12. The van der Waals surface area contributed by atoms with Crippen molar-refractivity contribution < 1.29 is 4.79 Å².